The predicted octanol–water partition coefficient (Wildman–Crippen LogP) is 8.09. The molecular formula is C32H25NO6S2. The average Bonchev–Trinajstić information content (AvgIpc) is 3.42. The van der Waals surface area contributed by atoms with Crippen LogP contribution in [0, 0.1) is 6.92 Å². The van der Waals surface area contributed by atoms with Crippen molar-refractivity contribution in [2.75, 3.05) is 13.7 Å². The lowest BCUT2D eigenvalue weighted by Crippen LogP contribution is -2.10. The molecule has 2 heterocycles. The van der Waals surface area contributed by atoms with Gasteiger partial charge in [-0.3, -0.25) is 0 Å². The van der Waals surface area contributed by atoms with Crippen molar-refractivity contribution in [2.45, 2.75) is 23.3 Å². The van der Waals surface area contributed by atoms with Crippen molar-refractivity contribution in [2.24, 2.45) is 0 Å². The molecule has 0 saturated carbocycles. The van der Waals surface area contributed by atoms with Gasteiger partial charge in [-0.05, 0) is 79.2 Å². The lowest BCUT2D eigenvalue weighted by Gasteiger charge is -2.21. The molecule has 7 nitrogen and oxygen atoms in total. The quantitative estimate of drug-likeness (QED) is 0.183. The van der Waals surface area contributed by atoms with Gasteiger partial charge in [-0.1, -0.05) is 30.0 Å². The molecule has 1 aliphatic rings. The fourth-order valence-electron chi connectivity index (χ4n) is 4.44. The van der Waals surface area contributed by atoms with Gasteiger partial charge in [0.15, 0.2) is 6.61 Å². The Kier molecular flexibility index (Phi) is 7.54. The minimum atomic E-state index is -1.02. The fraction of sp³-hybridized carbons (Fsp3) is 0.125. The van der Waals surface area contributed by atoms with Crippen LogP contribution in [-0.4, -0.2) is 29.8 Å². The number of para-hydroxylation sites is 2. The summed E-state index contributed by atoms with van der Waals surface area (Å²) < 4.78 is 23.3. The van der Waals surface area contributed by atoms with E-state index in [1.807, 2.05) is 61.5 Å². The largest absolute Gasteiger partial charge is 0.497 e. The summed E-state index contributed by atoms with van der Waals surface area (Å²) in [5, 5.41) is 9.69. The summed E-state index contributed by atoms with van der Waals surface area (Å²) in [7, 11) is 1.65. The van der Waals surface area contributed by atoms with Crippen LogP contribution >= 0.6 is 23.1 Å². The van der Waals surface area contributed by atoms with E-state index in [-0.39, 0.29) is 6.61 Å². The maximum absolute atomic E-state index is 10.8. The standard InChI is InChI=1S/C32H25NO6S2/c1-19-16-22(14-15-24(19)38-18-29(34)35)37-17-28-33-30(20-10-12-21(36-2)13-11-20)32(41-28)23-6-5-9-27-31(23)39-25-7-3-4-8-26(25)40-27/h3-16H,17-18H2,1-2H3,(H,34,35). The summed E-state index contributed by atoms with van der Waals surface area (Å²) >= 11 is 3.26. The van der Waals surface area contributed by atoms with Crippen LogP contribution in [-0.2, 0) is 11.4 Å². The molecule has 6 rings (SSSR count). The fourth-order valence-corrected chi connectivity index (χ4v) is 6.44. The van der Waals surface area contributed by atoms with Gasteiger partial charge in [0.2, 0.25) is 0 Å². The van der Waals surface area contributed by atoms with Crippen LogP contribution in [0.25, 0.3) is 21.7 Å². The van der Waals surface area contributed by atoms with E-state index >= 15 is 0 Å². The van der Waals surface area contributed by atoms with E-state index in [0.29, 0.717) is 11.5 Å². The third kappa shape index (κ3) is 5.73. The maximum atomic E-state index is 10.8. The SMILES string of the molecule is COc1ccc(-c2nc(COc3ccc(OCC(=O)O)c(C)c3)sc2-c2cccc3c2Oc2ccccc2S3)cc1. The van der Waals surface area contributed by atoms with E-state index in [9.17, 15) is 4.79 Å². The van der Waals surface area contributed by atoms with Crippen LogP contribution in [0.5, 0.6) is 28.7 Å². The van der Waals surface area contributed by atoms with Gasteiger partial charge < -0.3 is 24.1 Å². The molecule has 0 amide bonds. The van der Waals surface area contributed by atoms with Gasteiger partial charge >= 0.3 is 5.97 Å². The van der Waals surface area contributed by atoms with Crippen LogP contribution in [0.2, 0.25) is 0 Å². The Balaban J connectivity index is 1.33. The van der Waals surface area contributed by atoms with E-state index in [1.54, 1.807) is 42.3 Å². The number of nitrogens with zero attached hydrogens (tertiary/aromatic N) is 1. The molecule has 0 saturated heterocycles. The maximum Gasteiger partial charge on any atom is 0.341 e. The summed E-state index contributed by atoms with van der Waals surface area (Å²) in [6.07, 6.45) is 0. The van der Waals surface area contributed by atoms with Crippen LogP contribution in [0.4, 0.5) is 0 Å². The number of fused-ring (bicyclic) bond motifs is 2. The Bertz CT molecular complexity index is 1730. The molecule has 1 aliphatic heterocycles. The van der Waals surface area contributed by atoms with Crippen molar-refractivity contribution < 1.29 is 28.8 Å². The first-order valence-electron chi connectivity index (χ1n) is 12.8. The monoisotopic (exact) mass is 583 g/mol. The number of methoxy groups -OCH3 is 1. The van der Waals surface area contributed by atoms with Crippen molar-refractivity contribution in [3.63, 3.8) is 0 Å². The zero-order chi connectivity index (χ0) is 28.3. The van der Waals surface area contributed by atoms with Crippen molar-refractivity contribution >= 4 is 29.1 Å². The molecule has 206 valence electrons. The zero-order valence-corrected chi connectivity index (χ0v) is 23.9. The highest BCUT2D eigenvalue weighted by molar-refractivity contribution is 7.99. The van der Waals surface area contributed by atoms with E-state index in [4.69, 9.17) is 29.0 Å². The van der Waals surface area contributed by atoms with Crippen molar-refractivity contribution in [1.29, 1.82) is 0 Å². The lowest BCUT2D eigenvalue weighted by atomic mass is 10.1. The number of aryl methyl sites for hydroxylation is 1. The Morgan fingerprint density at radius 1 is 0.927 bits per heavy atom. The minimum absolute atomic E-state index is 0.260. The summed E-state index contributed by atoms with van der Waals surface area (Å²) in [4.78, 5) is 19.0. The van der Waals surface area contributed by atoms with Gasteiger partial charge in [0.1, 0.15) is 40.4 Å². The topological polar surface area (TPSA) is 87.1 Å². The predicted molar refractivity (Wildman–Crippen MR) is 159 cm³/mol. The number of rotatable bonds is 9. The highest BCUT2D eigenvalue weighted by Crippen LogP contribution is 2.52. The molecule has 0 fully saturated rings. The molecule has 0 aliphatic carbocycles. The van der Waals surface area contributed by atoms with Gasteiger partial charge in [0, 0.05) is 11.1 Å². The molecule has 41 heavy (non-hydrogen) atoms. The Hall–Kier alpha value is -4.47. The summed E-state index contributed by atoms with van der Waals surface area (Å²) in [6.45, 7) is 1.71. The first kappa shape index (κ1) is 26.7. The molecule has 0 unspecified atom stereocenters. The van der Waals surface area contributed by atoms with Crippen LogP contribution in [0.1, 0.15) is 10.6 Å². The van der Waals surface area contributed by atoms with Crippen molar-refractivity contribution in [3.8, 4) is 50.4 Å². The second-order valence-corrected chi connectivity index (χ2v) is 11.4. The van der Waals surface area contributed by atoms with Crippen LogP contribution < -0.4 is 18.9 Å². The van der Waals surface area contributed by atoms with Gasteiger partial charge in [0.25, 0.3) is 0 Å². The van der Waals surface area contributed by atoms with E-state index in [2.05, 4.69) is 18.2 Å². The van der Waals surface area contributed by atoms with Crippen LogP contribution in [0.3, 0.4) is 0 Å². The second-order valence-electron chi connectivity index (χ2n) is 9.20. The number of aliphatic carboxylic acids is 1. The molecule has 5 aromatic rings. The Morgan fingerprint density at radius 3 is 2.49 bits per heavy atom. The molecular weight excluding hydrogens is 558 g/mol. The number of ether oxygens (including phenoxy) is 4. The van der Waals surface area contributed by atoms with Crippen LogP contribution in [0.15, 0.2) is 94.7 Å². The third-order valence-corrected chi connectivity index (χ3v) is 8.56. The molecule has 4 aromatic carbocycles. The van der Waals surface area contributed by atoms with Gasteiger partial charge in [0.05, 0.1) is 27.5 Å². The third-order valence-electron chi connectivity index (χ3n) is 6.40. The zero-order valence-electron chi connectivity index (χ0n) is 22.2. The number of aromatic nitrogens is 1. The number of hydrogen-bond donors (Lipinski definition) is 1. The lowest BCUT2D eigenvalue weighted by molar-refractivity contribution is -0.139. The number of carboxylic acids is 1. The van der Waals surface area contributed by atoms with Gasteiger partial charge in [-0.25, -0.2) is 9.78 Å². The summed E-state index contributed by atoms with van der Waals surface area (Å²) in [5.41, 5.74) is 3.55. The molecule has 9 heteroatoms. The summed E-state index contributed by atoms with van der Waals surface area (Å²) in [5.74, 6) is 2.54. The smallest absolute Gasteiger partial charge is 0.341 e. The number of benzene rings is 4. The number of carboxylic acid groups (broad SMARTS) is 1. The van der Waals surface area contributed by atoms with E-state index in [1.165, 1.54) is 0 Å². The molecule has 1 aromatic heterocycles. The Morgan fingerprint density at radius 2 is 1.71 bits per heavy atom. The second kappa shape index (κ2) is 11.6. The number of thiazole rings is 1. The Labute approximate surface area is 245 Å². The molecule has 0 radical (unpaired) electrons. The molecule has 0 bridgehead atoms. The highest BCUT2D eigenvalue weighted by Gasteiger charge is 2.25. The van der Waals surface area contributed by atoms with E-state index < -0.39 is 12.6 Å². The molecule has 1 N–H and O–H groups in total. The average molecular weight is 584 g/mol. The van der Waals surface area contributed by atoms with Gasteiger partial charge in [-0.2, -0.15) is 0 Å². The summed E-state index contributed by atoms with van der Waals surface area (Å²) in [6, 6.07) is 27.4. The highest BCUT2D eigenvalue weighted by atomic mass is 32.2. The first-order chi connectivity index (χ1) is 20.0. The van der Waals surface area contributed by atoms with E-state index in [0.717, 1.165) is 59.3 Å². The minimum Gasteiger partial charge on any atom is -0.497 e. The van der Waals surface area contributed by atoms with Crippen molar-refractivity contribution in [3.05, 3.63) is 95.5 Å². The molecule has 0 spiro atoms. The normalized spacial score (nSPS) is 11.7. The van der Waals surface area contributed by atoms with Crippen molar-refractivity contribution in [1.82, 2.24) is 4.98 Å². The van der Waals surface area contributed by atoms with Gasteiger partial charge in [-0.15, -0.1) is 11.3 Å². The molecule has 0 atom stereocenters. The first-order valence-corrected chi connectivity index (χ1v) is 14.4. The number of hydrogen-bond acceptors (Lipinski definition) is 8. The number of carbonyl (C=O) groups is 1.